The number of carbonyl (C=O) groups is 4. The SMILES string of the molecule is Cc1ccc2c(c1)C(=O)N(CCCNC(=O)CC(=O)NCC1CCC1)C2=O. The van der Waals surface area contributed by atoms with Crippen molar-refractivity contribution in [2.45, 2.75) is 39.0 Å². The van der Waals surface area contributed by atoms with Crippen LogP contribution in [-0.4, -0.2) is 48.2 Å². The van der Waals surface area contributed by atoms with Gasteiger partial charge in [0.25, 0.3) is 11.8 Å². The van der Waals surface area contributed by atoms with Crippen LogP contribution in [0.2, 0.25) is 0 Å². The summed E-state index contributed by atoms with van der Waals surface area (Å²) in [6.07, 6.45) is 3.75. The zero-order chi connectivity index (χ0) is 19.4. The summed E-state index contributed by atoms with van der Waals surface area (Å²) in [4.78, 5) is 49.4. The Morgan fingerprint density at radius 3 is 2.48 bits per heavy atom. The Hall–Kier alpha value is -2.70. The lowest BCUT2D eigenvalue weighted by Crippen LogP contribution is -2.37. The summed E-state index contributed by atoms with van der Waals surface area (Å²) in [6, 6.07) is 5.21. The van der Waals surface area contributed by atoms with Crippen LogP contribution in [0.1, 0.15) is 58.4 Å². The van der Waals surface area contributed by atoms with E-state index >= 15 is 0 Å². The van der Waals surface area contributed by atoms with Crippen LogP contribution in [0.15, 0.2) is 18.2 Å². The summed E-state index contributed by atoms with van der Waals surface area (Å²) in [5.41, 5.74) is 1.80. The van der Waals surface area contributed by atoms with Gasteiger partial charge in [0.1, 0.15) is 6.42 Å². The predicted molar refractivity (Wildman–Crippen MR) is 99.1 cm³/mol. The largest absolute Gasteiger partial charge is 0.356 e. The molecule has 1 saturated carbocycles. The average Bonchev–Trinajstić information content (AvgIpc) is 2.81. The number of fused-ring (bicyclic) bond motifs is 1. The van der Waals surface area contributed by atoms with Crippen LogP contribution >= 0.6 is 0 Å². The van der Waals surface area contributed by atoms with E-state index in [1.807, 2.05) is 13.0 Å². The van der Waals surface area contributed by atoms with Crippen molar-refractivity contribution in [2.75, 3.05) is 19.6 Å². The number of rotatable bonds is 8. The highest BCUT2D eigenvalue weighted by atomic mass is 16.2. The number of hydrogen-bond donors (Lipinski definition) is 2. The Balaban J connectivity index is 1.36. The highest BCUT2D eigenvalue weighted by molar-refractivity contribution is 6.21. The minimum atomic E-state index is -0.348. The molecule has 7 heteroatoms. The molecule has 0 radical (unpaired) electrons. The molecule has 1 heterocycles. The maximum atomic E-state index is 12.4. The summed E-state index contributed by atoms with van der Waals surface area (Å²) in [5, 5.41) is 5.44. The first-order valence-corrected chi connectivity index (χ1v) is 9.46. The zero-order valence-electron chi connectivity index (χ0n) is 15.5. The second-order valence-corrected chi connectivity index (χ2v) is 7.29. The van der Waals surface area contributed by atoms with Gasteiger partial charge in [-0.15, -0.1) is 0 Å². The third-order valence-corrected chi connectivity index (χ3v) is 5.14. The van der Waals surface area contributed by atoms with Crippen molar-refractivity contribution in [3.05, 3.63) is 34.9 Å². The summed E-state index contributed by atoms with van der Waals surface area (Å²) >= 11 is 0. The second-order valence-electron chi connectivity index (χ2n) is 7.29. The molecule has 1 aliphatic carbocycles. The zero-order valence-corrected chi connectivity index (χ0v) is 15.5. The van der Waals surface area contributed by atoms with Gasteiger partial charge in [-0.05, 0) is 44.2 Å². The van der Waals surface area contributed by atoms with Gasteiger partial charge >= 0.3 is 0 Å². The van der Waals surface area contributed by atoms with E-state index in [2.05, 4.69) is 10.6 Å². The van der Waals surface area contributed by atoms with Crippen LogP contribution in [0.5, 0.6) is 0 Å². The van der Waals surface area contributed by atoms with Gasteiger partial charge in [-0.25, -0.2) is 0 Å². The Morgan fingerprint density at radius 1 is 1.07 bits per heavy atom. The highest BCUT2D eigenvalue weighted by Crippen LogP contribution is 2.25. The number of benzene rings is 1. The van der Waals surface area contributed by atoms with Crippen molar-refractivity contribution in [3.63, 3.8) is 0 Å². The van der Waals surface area contributed by atoms with E-state index in [0.29, 0.717) is 36.6 Å². The van der Waals surface area contributed by atoms with Crippen LogP contribution in [0.4, 0.5) is 0 Å². The van der Waals surface area contributed by atoms with Crippen LogP contribution in [-0.2, 0) is 9.59 Å². The fourth-order valence-corrected chi connectivity index (χ4v) is 3.30. The third-order valence-electron chi connectivity index (χ3n) is 5.14. The van der Waals surface area contributed by atoms with Gasteiger partial charge in [-0.1, -0.05) is 18.1 Å². The van der Waals surface area contributed by atoms with Crippen LogP contribution in [0.25, 0.3) is 0 Å². The predicted octanol–water partition coefficient (Wildman–Crippen LogP) is 1.40. The maximum Gasteiger partial charge on any atom is 0.261 e. The molecule has 0 atom stereocenters. The normalized spacial score (nSPS) is 16.1. The van der Waals surface area contributed by atoms with E-state index in [4.69, 9.17) is 0 Å². The first-order chi connectivity index (χ1) is 13.0. The van der Waals surface area contributed by atoms with Gasteiger partial charge in [-0.2, -0.15) is 0 Å². The fourth-order valence-electron chi connectivity index (χ4n) is 3.30. The number of nitrogens with zero attached hydrogens (tertiary/aromatic N) is 1. The lowest BCUT2D eigenvalue weighted by molar-refractivity contribution is -0.129. The van der Waals surface area contributed by atoms with Crippen molar-refractivity contribution in [1.82, 2.24) is 15.5 Å². The minimum Gasteiger partial charge on any atom is -0.356 e. The molecule has 4 amide bonds. The third kappa shape index (κ3) is 4.53. The lowest BCUT2D eigenvalue weighted by Gasteiger charge is -2.25. The standard InChI is InChI=1S/C20H25N3O4/c1-13-6-7-15-16(10-13)20(27)23(19(15)26)9-3-8-21-17(24)11-18(25)22-12-14-4-2-5-14/h6-7,10,14H,2-5,8-9,11-12H2,1H3,(H,21,24)(H,22,25). The van der Waals surface area contributed by atoms with E-state index in [0.717, 1.165) is 18.4 Å². The highest BCUT2D eigenvalue weighted by Gasteiger charge is 2.34. The smallest absolute Gasteiger partial charge is 0.261 e. The number of nitrogens with one attached hydrogen (secondary N) is 2. The Labute approximate surface area is 158 Å². The molecule has 2 aliphatic rings. The number of hydrogen-bond acceptors (Lipinski definition) is 4. The molecule has 1 aromatic carbocycles. The van der Waals surface area contributed by atoms with Crippen molar-refractivity contribution >= 4 is 23.6 Å². The van der Waals surface area contributed by atoms with Crippen LogP contribution in [0, 0.1) is 12.8 Å². The molecule has 1 aromatic rings. The van der Waals surface area contributed by atoms with E-state index < -0.39 is 0 Å². The van der Waals surface area contributed by atoms with E-state index in [1.54, 1.807) is 12.1 Å². The summed E-state index contributed by atoms with van der Waals surface area (Å²) in [7, 11) is 0. The Morgan fingerprint density at radius 2 is 1.78 bits per heavy atom. The summed E-state index contributed by atoms with van der Waals surface area (Å²) in [5.74, 6) is -0.647. The maximum absolute atomic E-state index is 12.4. The number of amides is 4. The molecule has 3 rings (SSSR count). The van der Waals surface area contributed by atoms with Crippen LogP contribution < -0.4 is 10.6 Å². The van der Waals surface area contributed by atoms with Crippen molar-refractivity contribution in [3.8, 4) is 0 Å². The quantitative estimate of drug-likeness (QED) is 0.410. The van der Waals surface area contributed by atoms with Gasteiger partial charge in [0, 0.05) is 19.6 Å². The minimum absolute atomic E-state index is 0.195. The first kappa shape index (κ1) is 19.1. The molecular formula is C20H25N3O4. The monoisotopic (exact) mass is 371 g/mol. The molecule has 0 spiro atoms. The molecule has 7 nitrogen and oxygen atoms in total. The van der Waals surface area contributed by atoms with Gasteiger partial charge in [0.15, 0.2) is 0 Å². The van der Waals surface area contributed by atoms with Gasteiger partial charge in [0.2, 0.25) is 11.8 Å². The number of aryl methyl sites for hydroxylation is 1. The lowest BCUT2D eigenvalue weighted by atomic mass is 9.85. The molecule has 1 aliphatic heterocycles. The topological polar surface area (TPSA) is 95.6 Å². The summed E-state index contributed by atoms with van der Waals surface area (Å²) < 4.78 is 0. The van der Waals surface area contributed by atoms with Crippen molar-refractivity contribution in [1.29, 1.82) is 0 Å². The number of carbonyl (C=O) groups excluding carboxylic acids is 4. The molecule has 1 fully saturated rings. The van der Waals surface area contributed by atoms with Gasteiger partial charge in [-0.3, -0.25) is 24.1 Å². The fraction of sp³-hybridized carbons (Fsp3) is 0.500. The average molecular weight is 371 g/mol. The molecule has 2 N–H and O–H groups in total. The van der Waals surface area contributed by atoms with Crippen molar-refractivity contribution < 1.29 is 19.2 Å². The molecule has 0 bridgehead atoms. The molecule has 0 unspecified atom stereocenters. The van der Waals surface area contributed by atoms with Crippen molar-refractivity contribution in [2.24, 2.45) is 5.92 Å². The number of imide groups is 1. The Bertz CT molecular complexity index is 770. The van der Waals surface area contributed by atoms with Gasteiger partial charge in [0.05, 0.1) is 11.1 Å². The molecular weight excluding hydrogens is 346 g/mol. The summed E-state index contributed by atoms with van der Waals surface area (Å²) in [6.45, 7) is 3.06. The van der Waals surface area contributed by atoms with E-state index in [1.165, 1.54) is 11.3 Å². The van der Waals surface area contributed by atoms with E-state index in [9.17, 15) is 19.2 Å². The Kier molecular flexibility index (Phi) is 5.88. The van der Waals surface area contributed by atoms with Crippen LogP contribution in [0.3, 0.4) is 0 Å². The molecule has 27 heavy (non-hydrogen) atoms. The van der Waals surface area contributed by atoms with E-state index in [-0.39, 0.29) is 36.6 Å². The first-order valence-electron chi connectivity index (χ1n) is 9.46. The molecule has 0 saturated heterocycles. The van der Waals surface area contributed by atoms with Gasteiger partial charge < -0.3 is 10.6 Å². The molecule has 144 valence electrons. The second kappa shape index (κ2) is 8.33. The molecule has 0 aromatic heterocycles.